The molecule has 0 bridgehead atoms. The Hall–Kier alpha value is -1.55. The topological polar surface area (TPSA) is 48.8 Å². The quantitative estimate of drug-likeness (QED) is 0.845. The molecular formula is C12H18N4. The number of nitrogens with two attached hydrogens (primary N) is 1. The zero-order valence-electron chi connectivity index (χ0n) is 9.85. The molecule has 4 nitrogen and oxygen atoms in total. The highest BCUT2D eigenvalue weighted by molar-refractivity contribution is 5.14. The van der Waals surface area contributed by atoms with Gasteiger partial charge in [0.25, 0.3) is 0 Å². The molecule has 2 aromatic rings. The van der Waals surface area contributed by atoms with Crippen molar-refractivity contribution in [3.63, 3.8) is 0 Å². The molecule has 2 heterocycles. The summed E-state index contributed by atoms with van der Waals surface area (Å²) in [5, 5.41) is 4.43. The van der Waals surface area contributed by atoms with Gasteiger partial charge in [0.05, 0.1) is 17.9 Å². The van der Waals surface area contributed by atoms with E-state index in [2.05, 4.69) is 41.1 Å². The third kappa shape index (κ3) is 2.17. The molecule has 0 amide bonds. The maximum atomic E-state index is 5.59. The van der Waals surface area contributed by atoms with Crippen LogP contribution in [0.2, 0.25) is 0 Å². The van der Waals surface area contributed by atoms with Gasteiger partial charge in [-0.05, 0) is 31.5 Å². The first-order valence-corrected chi connectivity index (χ1v) is 5.61. The van der Waals surface area contributed by atoms with Gasteiger partial charge in [-0.25, -0.2) is 0 Å². The van der Waals surface area contributed by atoms with Crippen molar-refractivity contribution in [2.24, 2.45) is 5.73 Å². The van der Waals surface area contributed by atoms with Crippen molar-refractivity contribution in [3.05, 3.63) is 41.5 Å². The lowest BCUT2D eigenvalue weighted by Crippen LogP contribution is -2.06. The van der Waals surface area contributed by atoms with Gasteiger partial charge in [0, 0.05) is 25.5 Å². The smallest absolute Gasteiger partial charge is 0.0639 e. The second-order valence-electron chi connectivity index (χ2n) is 3.99. The molecule has 0 saturated heterocycles. The molecule has 0 radical (unpaired) electrons. The van der Waals surface area contributed by atoms with Crippen molar-refractivity contribution in [2.45, 2.75) is 33.5 Å². The van der Waals surface area contributed by atoms with E-state index < -0.39 is 0 Å². The van der Waals surface area contributed by atoms with Crippen LogP contribution in [-0.2, 0) is 19.6 Å². The summed E-state index contributed by atoms with van der Waals surface area (Å²) in [5.41, 5.74) is 9.06. The van der Waals surface area contributed by atoms with Crippen LogP contribution in [0.4, 0.5) is 0 Å². The Labute approximate surface area is 95.7 Å². The number of aryl methyl sites for hydroxylation is 2. The van der Waals surface area contributed by atoms with Crippen molar-refractivity contribution in [1.82, 2.24) is 14.3 Å². The predicted molar refractivity (Wildman–Crippen MR) is 64.1 cm³/mol. The third-order valence-electron chi connectivity index (χ3n) is 2.68. The molecular weight excluding hydrogens is 200 g/mol. The van der Waals surface area contributed by atoms with Gasteiger partial charge in [-0.1, -0.05) is 0 Å². The normalized spacial score (nSPS) is 10.9. The minimum atomic E-state index is 0.596. The number of hydrogen-bond donors (Lipinski definition) is 1. The van der Waals surface area contributed by atoms with E-state index in [9.17, 15) is 0 Å². The second-order valence-corrected chi connectivity index (χ2v) is 3.99. The minimum Gasteiger partial charge on any atom is -0.348 e. The van der Waals surface area contributed by atoms with E-state index in [-0.39, 0.29) is 0 Å². The Balaban J connectivity index is 2.19. The second kappa shape index (κ2) is 4.53. The van der Waals surface area contributed by atoms with Crippen molar-refractivity contribution in [2.75, 3.05) is 0 Å². The molecule has 2 aromatic heterocycles. The van der Waals surface area contributed by atoms with E-state index >= 15 is 0 Å². The van der Waals surface area contributed by atoms with Crippen molar-refractivity contribution >= 4 is 0 Å². The Kier molecular flexibility index (Phi) is 3.10. The first kappa shape index (κ1) is 11.0. The number of rotatable bonds is 4. The van der Waals surface area contributed by atoms with Crippen LogP contribution < -0.4 is 5.73 Å². The van der Waals surface area contributed by atoms with Gasteiger partial charge in [0.1, 0.15) is 0 Å². The van der Waals surface area contributed by atoms with Crippen LogP contribution >= 0.6 is 0 Å². The lowest BCUT2D eigenvalue weighted by molar-refractivity contribution is 0.597. The molecule has 0 aliphatic rings. The first-order chi connectivity index (χ1) is 7.72. The standard InChI is InChI=1S/C12H18N4/c1-3-16-12(6-10(2)14-16)9-15-5-4-11(7-13)8-15/h4-6,8H,3,7,9,13H2,1-2H3. The fourth-order valence-electron chi connectivity index (χ4n) is 1.90. The van der Waals surface area contributed by atoms with Crippen LogP contribution in [-0.4, -0.2) is 14.3 Å². The fourth-order valence-corrected chi connectivity index (χ4v) is 1.90. The van der Waals surface area contributed by atoms with Gasteiger partial charge in [-0.3, -0.25) is 4.68 Å². The molecule has 0 atom stereocenters. The zero-order valence-corrected chi connectivity index (χ0v) is 9.85. The van der Waals surface area contributed by atoms with Gasteiger partial charge in [0.15, 0.2) is 0 Å². The Bertz CT molecular complexity index is 467. The highest BCUT2D eigenvalue weighted by atomic mass is 15.3. The van der Waals surface area contributed by atoms with Gasteiger partial charge in [0.2, 0.25) is 0 Å². The van der Waals surface area contributed by atoms with E-state index in [4.69, 9.17) is 5.73 Å². The van der Waals surface area contributed by atoms with Crippen molar-refractivity contribution < 1.29 is 0 Å². The molecule has 0 unspecified atom stereocenters. The van der Waals surface area contributed by atoms with Crippen LogP contribution in [0.15, 0.2) is 24.5 Å². The van der Waals surface area contributed by atoms with Gasteiger partial charge >= 0.3 is 0 Å². The summed E-state index contributed by atoms with van der Waals surface area (Å²) in [7, 11) is 0. The first-order valence-electron chi connectivity index (χ1n) is 5.61. The summed E-state index contributed by atoms with van der Waals surface area (Å²) in [5.74, 6) is 0. The molecule has 86 valence electrons. The van der Waals surface area contributed by atoms with Crippen molar-refractivity contribution in [1.29, 1.82) is 0 Å². The van der Waals surface area contributed by atoms with Gasteiger partial charge in [-0.15, -0.1) is 0 Å². The molecule has 0 fully saturated rings. The van der Waals surface area contributed by atoms with Gasteiger partial charge in [-0.2, -0.15) is 5.10 Å². The lowest BCUT2D eigenvalue weighted by Gasteiger charge is -2.05. The summed E-state index contributed by atoms with van der Waals surface area (Å²) in [4.78, 5) is 0. The summed E-state index contributed by atoms with van der Waals surface area (Å²) in [6, 6.07) is 4.19. The predicted octanol–water partition coefficient (Wildman–Crippen LogP) is 1.52. The third-order valence-corrected chi connectivity index (χ3v) is 2.68. The Morgan fingerprint density at radius 2 is 2.25 bits per heavy atom. The summed E-state index contributed by atoms with van der Waals surface area (Å²) in [6.07, 6.45) is 4.15. The molecule has 2 N–H and O–H groups in total. The van der Waals surface area contributed by atoms with Crippen LogP contribution in [0.3, 0.4) is 0 Å². The molecule has 2 rings (SSSR count). The van der Waals surface area contributed by atoms with Crippen LogP contribution in [0.5, 0.6) is 0 Å². The maximum Gasteiger partial charge on any atom is 0.0639 e. The number of hydrogen-bond acceptors (Lipinski definition) is 2. The van der Waals surface area contributed by atoms with Crippen LogP contribution in [0.1, 0.15) is 23.9 Å². The van der Waals surface area contributed by atoms with Gasteiger partial charge < -0.3 is 10.3 Å². The average Bonchev–Trinajstić information content (AvgIpc) is 2.85. The molecule has 4 heteroatoms. The molecule has 0 aliphatic carbocycles. The molecule has 0 spiro atoms. The lowest BCUT2D eigenvalue weighted by atomic mass is 10.3. The summed E-state index contributed by atoms with van der Waals surface area (Å²) < 4.78 is 4.18. The minimum absolute atomic E-state index is 0.596. The molecule has 0 aliphatic heterocycles. The number of nitrogens with zero attached hydrogens (tertiary/aromatic N) is 3. The largest absolute Gasteiger partial charge is 0.348 e. The monoisotopic (exact) mass is 218 g/mol. The fraction of sp³-hybridized carbons (Fsp3) is 0.417. The molecule has 0 saturated carbocycles. The van der Waals surface area contributed by atoms with E-state index in [0.717, 1.165) is 18.8 Å². The van der Waals surface area contributed by atoms with E-state index in [1.807, 2.05) is 11.6 Å². The molecule has 16 heavy (non-hydrogen) atoms. The highest BCUT2D eigenvalue weighted by Gasteiger charge is 2.04. The summed E-state index contributed by atoms with van der Waals surface area (Å²) in [6.45, 7) is 6.50. The number of aromatic nitrogens is 3. The van der Waals surface area contributed by atoms with E-state index in [1.54, 1.807) is 0 Å². The average molecular weight is 218 g/mol. The highest BCUT2D eigenvalue weighted by Crippen LogP contribution is 2.08. The zero-order chi connectivity index (χ0) is 11.5. The Morgan fingerprint density at radius 1 is 1.44 bits per heavy atom. The summed E-state index contributed by atoms with van der Waals surface area (Å²) >= 11 is 0. The SMILES string of the molecule is CCn1nc(C)cc1Cn1ccc(CN)c1. The van der Waals surface area contributed by atoms with Crippen LogP contribution in [0.25, 0.3) is 0 Å². The van der Waals surface area contributed by atoms with Crippen LogP contribution in [0, 0.1) is 6.92 Å². The molecule has 0 aromatic carbocycles. The van der Waals surface area contributed by atoms with Crippen molar-refractivity contribution in [3.8, 4) is 0 Å². The van der Waals surface area contributed by atoms with E-state index in [0.29, 0.717) is 6.54 Å². The van der Waals surface area contributed by atoms with E-state index in [1.165, 1.54) is 11.3 Å². The maximum absolute atomic E-state index is 5.59. The Morgan fingerprint density at radius 3 is 2.88 bits per heavy atom.